The minimum Gasteiger partial charge on any atom is -0.324 e. The van der Waals surface area contributed by atoms with E-state index in [1.54, 1.807) is 0 Å². The highest BCUT2D eigenvalue weighted by molar-refractivity contribution is 5.85. The molecule has 16 heavy (non-hydrogen) atoms. The zero-order valence-corrected chi connectivity index (χ0v) is 11.2. The van der Waals surface area contributed by atoms with Crippen molar-refractivity contribution in [1.82, 2.24) is 0 Å². The maximum Gasteiger partial charge on any atom is 0.0302 e. The van der Waals surface area contributed by atoms with Crippen LogP contribution in [-0.2, 0) is 0 Å². The van der Waals surface area contributed by atoms with Crippen LogP contribution in [0.5, 0.6) is 0 Å². The maximum atomic E-state index is 6.29. The fraction of sp³-hybridized carbons (Fsp3) is 0.571. The number of aryl methyl sites for hydroxylation is 3. The number of benzene rings is 1. The van der Waals surface area contributed by atoms with Crippen molar-refractivity contribution in [3.63, 3.8) is 0 Å². The fourth-order valence-electron chi connectivity index (χ4n) is 2.61. The van der Waals surface area contributed by atoms with Crippen molar-refractivity contribution < 1.29 is 0 Å². The second-order valence-corrected chi connectivity index (χ2v) is 5.10. The molecule has 0 aromatic heterocycles. The van der Waals surface area contributed by atoms with E-state index in [9.17, 15) is 0 Å². The Morgan fingerprint density at radius 1 is 1.19 bits per heavy atom. The number of hydrogen-bond acceptors (Lipinski definition) is 1. The van der Waals surface area contributed by atoms with E-state index in [4.69, 9.17) is 5.73 Å². The number of hydrogen-bond donors (Lipinski definition) is 1. The van der Waals surface area contributed by atoms with Gasteiger partial charge in [0.15, 0.2) is 0 Å². The third-order valence-corrected chi connectivity index (χ3v) is 3.39. The minimum absolute atomic E-state index is 0. The first-order chi connectivity index (χ1) is 7.08. The summed E-state index contributed by atoms with van der Waals surface area (Å²) in [5.41, 5.74) is 11.7. The molecule has 1 aromatic carbocycles. The molecule has 2 rings (SSSR count). The van der Waals surface area contributed by atoms with Crippen LogP contribution in [0.4, 0.5) is 0 Å². The first-order valence-electron chi connectivity index (χ1n) is 5.91. The number of halogens is 1. The summed E-state index contributed by atoms with van der Waals surface area (Å²) in [6, 6.07) is 4.74. The van der Waals surface area contributed by atoms with Gasteiger partial charge in [0.05, 0.1) is 0 Å². The molecule has 1 fully saturated rings. The molecule has 1 nitrogen and oxygen atoms in total. The van der Waals surface area contributed by atoms with Gasteiger partial charge in [-0.25, -0.2) is 0 Å². The van der Waals surface area contributed by atoms with Gasteiger partial charge in [-0.05, 0) is 49.8 Å². The predicted molar refractivity (Wildman–Crippen MR) is 72.2 cm³/mol. The largest absolute Gasteiger partial charge is 0.324 e. The number of nitrogens with two attached hydrogens (primary N) is 1. The molecule has 1 saturated carbocycles. The minimum atomic E-state index is 0. The van der Waals surface area contributed by atoms with Crippen LogP contribution in [0, 0.1) is 26.7 Å². The van der Waals surface area contributed by atoms with Crippen LogP contribution in [0.3, 0.4) is 0 Å². The Morgan fingerprint density at radius 2 is 1.69 bits per heavy atom. The van der Waals surface area contributed by atoms with Gasteiger partial charge in [-0.15, -0.1) is 12.4 Å². The van der Waals surface area contributed by atoms with E-state index in [2.05, 4.69) is 32.9 Å². The molecule has 1 atom stereocenters. The zero-order valence-electron chi connectivity index (χ0n) is 10.4. The first kappa shape index (κ1) is 13.5. The zero-order chi connectivity index (χ0) is 11.0. The Hall–Kier alpha value is -0.530. The van der Waals surface area contributed by atoms with Crippen molar-refractivity contribution in [2.45, 2.75) is 46.1 Å². The average molecular weight is 240 g/mol. The van der Waals surface area contributed by atoms with Gasteiger partial charge in [-0.1, -0.05) is 30.5 Å². The summed E-state index contributed by atoms with van der Waals surface area (Å²) in [5, 5.41) is 0. The monoisotopic (exact) mass is 239 g/mol. The molecule has 0 bridgehead atoms. The SMILES string of the molecule is Cc1cc(C)c([C@@H](N)CC2CC2)c(C)c1.Cl. The van der Waals surface area contributed by atoms with E-state index in [-0.39, 0.29) is 18.4 Å². The molecule has 2 N–H and O–H groups in total. The van der Waals surface area contributed by atoms with Crippen LogP contribution < -0.4 is 5.73 Å². The quantitative estimate of drug-likeness (QED) is 0.853. The van der Waals surface area contributed by atoms with Gasteiger partial charge in [-0.3, -0.25) is 0 Å². The molecule has 90 valence electrons. The van der Waals surface area contributed by atoms with Crippen LogP contribution in [-0.4, -0.2) is 0 Å². The smallest absolute Gasteiger partial charge is 0.0302 e. The maximum absolute atomic E-state index is 6.29. The molecule has 1 aliphatic carbocycles. The van der Waals surface area contributed by atoms with Gasteiger partial charge < -0.3 is 5.73 Å². The lowest BCUT2D eigenvalue weighted by atomic mass is 9.92. The Bertz CT molecular complexity index is 346. The topological polar surface area (TPSA) is 26.0 Å². The first-order valence-corrected chi connectivity index (χ1v) is 5.91. The second-order valence-electron chi connectivity index (χ2n) is 5.10. The lowest BCUT2D eigenvalue weighted by molar-refractivity contribution is 0.591. The number of rotatable bonds is 3. The molecule has 0 amide bonds. The highest BCUT2D eigenvalue weighted by atomic mass is 35.5. The summed E-state index contributed by atoms with van der Waals surface area (Å²) >= 11 is 0. The Labute approximate surface area is 105 Å². The molecule has 1 aliphatic rings. The highest BCUT2D eigenvalue weighted by Crippen LogP contribution is 2.38. The van der Waals surface area contributed by atoms with Crippen LogP contribution >= 0.6 is 12.4 Å². The summed E-state index contributed by atoms with van der Waals surface area (Å²) in [6.07, 6.45) is 3.94. The van der Waals surface area contributed by atoms with Gasteiger partial charge in [0, 0.05) is 6.04 Å². The van der Waals surface area contributed by atoms with Gasteiger partial charge in [-0.2, -0.15) is 0 Å². The van der Waals surface area contributed by atoms with Crippen molar-refractivity contribution in [1.29, 1.82) is 0 Å². The van der Waals surface area contributed by atoms with Crippen molar-refractivity contribution in [3.05, 3.63) is 34.4 Å². The van der Waals surface area contributed by atoms with Gasteiger partial charge in [0.25, 0.3) is 0 Å². The molecule has 0 aliphatic heterocycles. The van der Waals surface area contributed by atoms with Crippen molar-refractivity contribution in [2.24, 2.45) is 11.7 Å². The van der Waals surface area contributed by atoms with Crippen LogP contribution in [0.1, 0.15) is 47.6 Å². The Balaban J connectivity index is 0.00000128. The standard InChI is InChI=1S/C14H21N.ClH/c1-9-6-10(2)14(11(3)7-9)13(15)8-12-4-5-12;/h6-7,12-13H,4-5,8,15H2,1-3H3;1H/t13-;/m0./s1. The van der Waals surface area contributed by atoms with Crippen LogP contribution in [0.25, 0.3) is 0 Å². The lowest BCUT2D eigenvalue weighted by Gasteiger charge is -2.18. The third kappa shape index (κ3) is 2.99. The van der Waals surface area contributed by atoms with Crippen LogP contribution in [0.15, 0.2) is 12.1 Å². The summed E-state index contributed by atoms with van der Waals surface area (Å²) in [5.74, 6) is 0.903. The van der Waals surface area contributed by atoms with Gasteiger partial charge >= 0.3 is 0 Å². The molecule has 2 heteroatoms. The molecular weight excluding hydrogens is 218 g/mol. The summed E-state index contributed by atoms with van der Waals surface area (Å²) in [6.45, 7) is 6.51. The molecule has 0 spiro atoms. The molecule has 0 heterocycles. The second kappa shape index (κ2) is 5.20. The van der Waals surface area contributed by atoms with E-state index in [0.29, 0.717) is 0 Å². The average Bonchev–Trinajstić information content (AvgIpc) is 2.85. The summed E-state index contributed by atoms with van der Waals surface area (Å²) in [4.78, 5) is 0. The molecule has 0 saturated heterocycles. The molecular formula is C14H22ClN. The van der Waals surface area contributed by atoms with Crippen LogP contribution in [0.2, 0.25) is 0 Å². The van der Waals surface area contributed by atoms with E-state index in [0.717, 1.165) is 5.92 Å². The normalized spacial score (nSPS) is 16.8. The predicted octanol–water partition coefficient (Wildman–Crippen LogP) is 3.83. The molecule has 1 aromatic rings. The third-order valence-electron chi connectivity index (χ3n) is 3.39. The van der Waals surface area contributed by atoms with Gasteiger partial charge in [0.2, 0.25) is 0 Å². The Kier molecular flexibility index (Phi) is 4.40. The Morgan fingerprint density at radius 3 is 2.12 bits per heavy atom. The van der Waals surface area contributed by atoms with E-state index in [1.165, 1.54) is 41.5 Å². The van der Waals surface area contributed by atoms with Crippen molar-refractivity contribution in [3.8, 4) is 0 Å². The van der Waals surface area contributed by atoms with E-state index in [1.807, 2.05) is 0 Å². The molecule has 0 radical (unpaired) electrons. The summed E-state index contributed by atoms with van der Waals surface area (Å²) < 4.78 is 0. The van der Waals surface area contributed by atoms with Crippen molar-refractivity contribution in [2.75, 3.05) is 0 Å². The van der Waals surface area contributed by atoms with E-state index < -0.39 is 0 Å². The van der Waals surface area contributed by atoms with Gasteiger partial charge in [0.1, 0.15) is 0 Å². The summed E-state index contributed by atoms with van der Waals surface area (Å²) in [7, 11) is 0. The van der Waals surface area contributed by atoms with E-state index >= 15 is 0 Å². The fourth-order valence-corrected chi connectivity index (χ4v) is 2.61. The van der Waals surface area contributed by atoms with Crippen molar-refractivity contribution >= 4 is 12.4 Å². The molecule has 0 unspecified atom stereocenters. The lowest BCUT2D eigenvalue weighted by Crippen LogP contribution is -2.14. The highest BCUT2D eigenvalue weighted by Gasteiger charge is 2.25.